The van der Waals surface area contributed by atoms with Crippen molar-refractivity contribution in [3.63, 3.8) is 0 Å². The second kappa shape index (κ2) is 10.3. The highest BCUT2D eigenvalue weighted by molar-refractivity contribution is 5.83. The van der Waals surface area contributed by atoms with Crippen LogP contribution in [0, 0.1) is 11.8 Å². The summed E-state index contributed by atoms with van der Waals surface area (Å²) in [5.41, 5.74) is 7.33. The Morgan fingerprint density at radius 1 is 0.634 bits per heavy atom. The van der Waals surface area contributed by atoms with Crippen LogP contribution >= 0.6 is 0 Å². The Hall–Kier alpha value is -4.32. The van der Waals surface area contributed by atoms with Crippen LogP contribution in [0.25, 0.3) is 22.5 Å². The van der Waals surface area contributed by atoms with E-state index < -0.39 is 10.8 Å². The molecule has 6 heteroatoms. The summed E-state index contributed by atoms with van der Waals surface area (Å²) in [5.74, 6) is -1.24. The third kappa shape index (κ3) is 4.07. The van der Waals surface area contributed by atoms with Crippen LogP contribution in [0.4, 0.5) is 0 Å². The molecule has 4 atom stereocenters. The highest BCUT2D eigenvalue weighted by Gasteiger charge is 2.55. The first-order chi connectivity index (χ1) is 19.9. The zero-order valence-corrected chi connectivity index (χ0v) is 23.9. The van der Waals surface area contributed by atoms with Crippen LogP contribution in [0.2, 0.25) is 0 Å². The maximum Gasteiger partial charge on any atom is 0.308 e. The van der Waals surface area contributed by atoms with Crippen molar-refractivity contribution in [1.29, 1.82) is 0 Å². The van der Waals surface area contributed by atoms with Gasteiger partial charge in [-0.2, -0.15) is 0 Å². The predicted molar refractivity (Wildman–Crippen MR) is 157 cm³/mol. The van der Waals surface area contributed by atoms with Gasteiger partial charge in [-0.05, 0) is 53.6 Å². The van der Waals surface area contributed by atoms with E-state index in [4.69, 9.17) is 19.4 Å². The van der Waals surface area contributed by atoms with E-state index in [-0.39, 0.29) is 23.8 Å². The third-order valence-corrected chi connectivity index (χ3v) is 9.16. The van der Waals surface area contributed by atoms with Gasteiger partial charge in [0.1, 0.15) is 0 Å². The molecule has 0 amide bonds. The Bertz CT molecular complexity index is 1430. The quantitative estimate of drug-likeness (QED) is 0.235. The first-order valence-corrected chi connectivity index (χ1v) is 14.1. The van der Waals surface area contributed by atoms with Crippen LogP contribution in [-0.2, 0) is 29.9 Å². The van der Waals surface area contributed by atoms with Crippen molar-refractivity contribution in [1.82, 2.24) is 9.97 Å². The molecule has 41 heavy (non-hydrogen) atoms. The number of carbonyl (C=O) groups excluding carboxylic acids is 2. The number of esters is 2. The number of hydrogen-bond donors (Lipinski definition) is 0. The number of aromatic nitrogens is 2. The first-order valence-electron chi connectivity index (χ1n) is 14.1. The Morgan fingerprint density at radius 2 is 1.02 bits per heavy atom. The van der Waals surface area contributed by atoms with Gasteiger partial charge in [0.25, 0.3) is 0 Å². The Morgan fingerprint density at radius 3 is 1.44 bits per heavy atom. The van der Waals surface area contributed by atoms with E-state index in [2.05, 4.69) is 48.5 Å². The minimum absolute atomic E-state index is 0.245. The van der Waals surface area contributed by atoms with E-state index in [1.165, 1.54) is 14.2 Å². The number of fused-ring (bicyclic) bond motifs is 6. The van der Waals surface area contributed by atoms with Crippen LogP contribution < -0.4 is 0 Å². The first kappa shape index (κ1) is 26.9. The van der Waals surface area contributed by atoms with E-state index in [1.54, 1.807) is 0 Å². The zero-order chi connectivity index (χ0) is 28.8. The Kier molecular flexibility index (Phi) is 6.72. The van der Waals surface area contributed by atoms with Gasteiger partial charge in [-0.3, -0.25) is 19.6 Å². The maximum absolute atomic E-state index is 13.0. The molecule has 208 valence electrons. The number of carbonyl (C=O) groups is 2. The number of nitrogens with zero attached hydrogens (tertiary/aromatic N) is 2. The predicted octanol–water partition coefficient (Wildman–Crippen LogP) is 6.50. The molecule has 0 saturated carbocycles. The van der Waals surface area contributed by atoms with Gasteiger partial charge in [-0.15, -0.1) is 0 Å². The molecule has 0 spiro atoms. The molecule has 0 fully saturated rings. The van der Waals surface area contributed by atoms with Gasteiger partial charge in [-0.1, -0.05) is 74.5 Å². The molecule has 2 aromatic heterocycles. The molecular formula is C35H34N2O4. The van der Waals surface area contributed by atoms with Gasteiger partial charge in [0.05, 0.1) is 37.4 Å². The third-order valence-electron chi connectivity index (χ3n) is 9.16. The molecule has 6 nitrogen and oxygen atoms in total. The van der Waals surface area contributed by atoms with Crippen LogP contribution in [0.5, 0.6) is 0 Å². The monoisotopic (exact) mass is 546 g/mol. The molecule has 6 rings (SSSR count). The number of benzene rings is 2. The van der Waals surface area contributed by atoms with Crippen molar-refractivity contribution in [3.8, 4) is 22.5 Å². The summed E-state index contributed by atoms with van der Waals surface area (Å²) in [4.78, 5) is 35.7. The van der Waals surface area contributed by atoms with Gasteiger partial charge in [0, 0.05) is 34.4 Å². The Labute approximate surface area is 240 Å². The summed E-state index contributed by atoms with van der Waals surface area (Å²) in [6, 6.07) is 25.0. The van der Waals surface area contributed by atoms with Crippen molar-refractivity contribution < 1.29 is 19.1 Å². The fourth-order valence-electron chi connectivity index (χ4n) is 7.61. The van der Waals surface area contributed by atoms with Crippen molar-refractivity contribution in [2.45, 2.75) is 43.9 Å². The topological polar surface area (TPSA) is 78.4 Å². The molecule has 0 radical (unpaired) electrons. The van der Waals surface area contributed by atoms with Crippen LogP contribution in [0.3, 0.4) is 0 Å². The summed E-state index contributed by atoms with van der Waals surface area (Å²) in [7, 11) is 2.89. The van der Waals surface area contributed by atoms with Gasteiger partial charge in [0.15, 0.2) is 0 Å². The lowest BCUT2D eigenvalue weighted by Crippen LogP contribution is -2.41. The lowest BCUT2D eigenvalue weighted by molar-refractivity contribution is -0.145. The number of pyridine rings is 2. The molecule has 2 aliphatic rings. The van der Waals surface area contributed by atoms with Crippen molar-refractivity contribution in [2.24, 2.45) is 11.8 Å². The van der Waals surface area contributed by atoms with Gasteiger partial charge >= 0.3 is 11.9 Å². The summed E-state index contributed by atoms with van der Waals surface area (Å²) in [5, 5.41) is 0. The lowest BCUT2D eigenvalue weighted by Gasteiger charge is -2.44. The fraction of sp³-hybridized carbons (Fsp3) is 0.314. The van der Waals surface area contributed by atoms with Crippen molar-refractivity contribution in [2.75, 3.05) is 14.2 Å². The minimum atomic E-state index is -0.589. The summed E-state index contributed by atoms with van der Waals surface area (Å²) < 4.78 is 10.5. The second-order valence-electron chi connectivity index (χ2n) is 11.5. The Balaban J connectivity index is 1.65. The molecule has 4 unspecified atom stereocenters. The normalized spacial score (nSPS) is 21.2. The van der Waals surface area contributed by atoms with E-state index >= 15 is 0 Å². The average Bonchev–Trinajstić information content (AvgIpc) is 3.44. The number of ether oxygens (including phenoxy) is 2. The van der Waals surface area contributed by atoms with Crippen LogP contribution in [-0.4, -0.2) is 36.1 Å². The smallest absolute Gasteiger partial charge is 0.308 e. The highest BCUT2D eigenvalue weighted by Crippen LogP contribution is 2.62. The summed E-state index contributed by atoms with van der Waals surface area (Å²) >= 11 is 0. The highest BCUT2D eigenvalue weighted by atomic mass is 16.5. The van der Waals surface area contributed by atoms with E-state index in [0.29, 0.717) is 19.3 Å². The van der Waals surface area contributed by atoms with Crippen LogP contribution in [0.1, 0.15) is 55.4 Å². The summed E-state index contributed by atoms with van der Waals surface area (Å²) in [6.45, 7) is 3.87. The average molecular weight is 547 g/mol. The van der Waals surface area contributed by atoms with Gasteiger partial charge in [0.2, 0.25) is 0 Å². The molecule has 0 bridgehead atoms. The SMILES string of the molecule is COC(=O)C(C)CC1(CC2(CC(C)C(=O)OC)c3ccccc3-c3ncccc32)c2ccccc2-c2ncccc21. The second-order valence-corrected chi connectivity index (χ2v) is 11.5. The summed E-state index contributed by atoms with van der Waals surface area (Å²) in [6.07, 6.45) is 5.33. The largest absolute Gasteiger partial charge is 0.469 e. The maximum atomic E-state index is 13.0. The fourth-order valence-corrected chi connectivity index (χ4v) is 7.61. The molecule has 4 aromatic rings. The molecule has 2 aromatic carbocycles. The number of methoxy groups -OCH3 is 2. The molecule has 0 N–H and O–H groups in total. The van der Waals surface area contributed by atoms with E-state index in [0.717, 1.165) is 44.8 Å². The molecule has 0 saturated heterocycles. The standard InChI is InChI=1S/C35H34N2O4/c1-22(32(38)40-3)19-34(26-13-7-5-11-24(26)30-28(34)15-9-17-36-30)21-35(20-23(2)33(39)41-4)27-14-8-6-12-25(27)31-29(35)16-10-18-37-31/h5-18,22-23H,19-21H2,1-4H3. The minimum Gasteiger partial charge on any atom is -0.469 e. The van der Waals surface area contributed by atoms with Gasteiger partial charge < -0.3 is 9.47 Å². The molecule has 2 aliphatic carbocycles. The number of hydrogen-bond acceptors (Lipinski definition) is 6. The van der Waals surface area contributed by atoms with Crippen molar-refractivity contribution in [3.05, 3.63) is 107 Å². The van der Waals surface area contributed by atoms with Crippen molar-refractivity contribution >= 4 is 11.9 Å². The number of rotatable bonds is 8. The van der Waals surface area contributed by atoms with Gasteiger partial charge in [-0.25, -0.2) is 0 Å². The van der Waals surface area contributed by atoms with E-state index in [9.17, 15) is 9.59 Å². The molecular weight excluding hydrogens is 512 g/mol. The lowest BCUT2D eigenvalue weighted by atomic mass is 9.58. The van der Waals surface area contributed by atoms with Crippen LogP contribution in [0.15, 0.2) is 85.2 Å². The zero-order valence-electron chi connectivity index (χ0n) is 23.9. The molecule has 2 heterocycles. The van der Waals surface area contributed by atoms with E-state index in [1.807, 2.05) is 50.5 Å². The molecule has 0 aliphatic heterocycles.